The van der Waals surface area contributed by atoms with E-state index in [1.54, 1.807) is 23.5 Å². The van der Waals surface area contributed by atoms with E-state index in [0.29, 0.717) is 5.25 Å². The van der Waals surface area contributed by atoms with Crippen LogP contribution in [0.2, 0.25) is 0 Å². The number of nitrogens with one attached hydrogen (secondary N) is 2. The van der Waals surface area contributed by atoms with Gasteiger partial charge in [0.2, 0.25) is 0 Å². The molecule has 3 nitrogen and oxygen atoms in total. The predicted octanol–water partition coefficient (Wildman–Crippen LogP) is 1.78. The second-order valence-corrected chi connectivity index (χ2v) is 7.46. The Bertz CT molecular complexity index is 246. The van der Waals surface area contributed by atoms with Crippen molar-refractivity contribution in [2.45, 2.75) is 11.7 Å². The Hall–Kier alpha value is 0.440. The summed E-state index contributed by atoms with van der Waals surface area (Å²) in [5.41, 5.74) is 0. The molecule has 0 bridgehead atoms. The Morgan fingerprint density at radius 3 is 2.24 bits per heavy atom. The lowest BCUT2D eigenvalue weighted by Crippen LogP contribution is -2.27. The van der Waals surface area contributed by atoms with Gasteiger partial charge in [0, 0.05) is 31.6 Å². The molecule has 0 rings (SSSR count). The van der Waals surface area contributed by atoms with Gasteiger partial charge in [0.15, 0.2) is 0 Å². The summed E-state index contributed by atoms with van der Waals surface area (Å²) in [6.07, 6.45) is 1.09. The molecule has 2 N–H and O–H groups in total. The van der Waals surface area contributed by atoms with Gasteiger partial charge in [-0.25, -0.2) is 0 Å². The summed E-state index contributed by atoms with van der Waals surface area (Å²) in [4.78, 5) is 2.19. The van der Waals surface area contributed by atoms with Crippen LogP contribution in [0.4, 0.5) is 0 Å². The normalized spacial score (nSPS) is 12.3. The number of thiocarbonyl (C=S) groups is 2. The molecule has 0 saturated carbocycles. The zero-order valence-electron chi connectivity index (χ0n) is 10.8. The molecule has 0 heterocycles. The standard InChI is InChI=1S/C10H21N3S4/c1-11-9(14)16-6-5-8(7-13(3)4)17-10(15)12-2/h8H,5-7H2,1-4H3,(H,11,14)(H,12,15). The number of rotatable bonds is 6. The monoisotopic (exact) mass is 311 g/mol. The largest absolute Gasteiger partial charge is 0.374 e. The van der Waals surface area contributed by atoms with Gasteiger partial charge in [0.25, 0.3) is 0 Å². The molecule has 0 saturated heterocycles. The van der Waals surface area contributed by atoms with E-state index in [4.69, 9.17) is 24.4 Å². The van der Waals surface area contributed by atoms with E-state index in [9.17, 15) is 0 Å². The van der Waals surface area contributed by atoms with Crippen molar-refractivity contribution in [3.63, 3.8) is 0 Å². The van der Waals surface area contributed by atoms with Gasteiger partial charge in [-0.3, -0.25) is 0 Å². The summed E-state index contributed by atoms with van der Waals surface area (Å²) in [5.74, 6) is 1.03. The van der Waals surface area contributed by atoms with Crippen molar-refractivity contribution in [3.05, 3.63) is 0 Å². The van der Waals surface area contributed by atoms with E-state index in [-0.39, 0.29) is 0 Å². The van der Waals surface area contributed by atoms with Gasteiger partial charge in [-0.05, 0) is 20.5 Å². The molecular formula is C10H21N3S4. The van der Waals surface area contributed by atoms with Crippen molar-refractivity contribution in [2.24, 2.45) is 0 Å². The first kappa shape index (κ1) is 17.4. The van der Waals surface area contributed by atoms with Crippen molar-refractivity contribution in [2.75, 3.05) is 40.5 Å². The van der Waals surface area contributed by atoms with Crippen molar-refractivity contribution in [1.29, 1.82) is 0 Å². The highest BCUT2D eigenvalue weighted by Crippen LogP contribution is 2.19. The maximum Gasteiger partial charge on any atom is 0.133 e. The van der Waals surface area contributed by atoms with Gasteiger partial charge >= 0.3 is 0 Å². The first-order chi connectivity index (χ1) is 7.99. The molecule has 1 unspecified atom stereocenters. The number of hydrogen-bond donors (Lipinski definition) is 2. The number of thioether (sulfide) groups is 2. The average Bonchev–Trinajstić information content (AvgIpc) is 2.27. The summed E-state index contributed by atoms with van der Waals surface area (Å²) in [5, 5.41) is 6.49. The van der Waals surface area contributed by atoms with Crippen LogP contribution in [0.1, 0.15) is 6.42 Å². The zero-order chi connectivity index (χ0) is 13.3. The molecule has 0 aliphatic carbocycles. The van der Waals surface area contributed by atoms with Gasteiger partial charge in [-0.1, -0.05) is 48.0 Å². The zero-order valence-corrected chi connectivity index (χ0v) is 14.0. The summed E-state index contributed by atoms with van der Waals surface area (Å²) in [6, 6.07) is 0. The van der Waals surface area contributed by atoms with E-state index in [1.807, 2.05) is 14.1 Å². The van der Waals surface area contributed by atoms with Crippen molar-refractivity contribution < 1.29 is 0 Å². The molecule has 100 valence electrons. The lowest BCUT2D eigenvalue weighted by Gasteiger charge is -2.20. The smallest absolute Gasteiger partial charge is 0.133 e. The molecule has 0 aromatic carbocycles. The van der Waals surface area contributed by atoms with Crippen LogP contribution in [0.15, 0.2) is 0 Å². The third-order valence-corrected chi connectivity index (χ3v) is 5.02. The third kappa shape index (κ3) is 10.1. The summed E-state index contributed by atoms with van der Waals surface area (Å²) >= 11 is 13.7. The van der Waals surface area contributed by atoms with Crippen molar-refractivity contribution in [3.8, 4) is 0 Å². The lowest BCUT2D eigenvalue weighted by molar-refractivity contribution is 0.405. The average molecular weight is 312 g/mol. The van der Waals surface area contributed by atoms with E-state index < -0.39 is 0 Å². The molecular weight excluding hydrogens is 290 g/mol. The lowest BCUT2D eigenvalue weighted by atomic mass is 10.3. The van der Waals surface area contributed by atoms with Gasteiger partial charge in [0.05, 0.1) is 0 Å². The van der Waals surface area contributed by atoms with Crippen LogP contribution in [0.3, 0.4) is 0 Å². The fourth-order valence-electron chi connectivity index (χ4n) is 1.16. The second kappa shape index (κ2) is 10.4. The third-order valence-electron chi connectivity index (χ3n) is 1.92. The van der Waals surface area contributed by atoms with Crippen LogP contribution < -0.4 is 10.6 Å². The van der Waals surface area contributed by atoms with Crippen LogP contribution in [0.25, 0.3) is 0 Å². The Morgan fingerprint density at radius 1 is 1.18 bits per heavy atom. The van der Waals surface area contributed by atoms with Gasteiger partial charge < -0.3 is 15.5 Å². The minimum Gasteiger partial charge on any atom is -0.374 e. The second-order valence-electron chi connectivity index (χ2n) is 3.71. The molecule has 0 amide bonds. The quantitative estimate of drug-likeness (QED) is 0.722. The Morgan fingerprint density at radius 2 is 1.76 bits per heavy atom. The molecule has 0 aliphatic heterocycles. The maximum absolute atomic E-state index is 5.20. The first-order valence-corrected chi connectivity index (χ1v) is 8.05. The van der Waals surface area contributed by atoms with Gasteiger partial charge in [0.1, 0.15) is 8.64 Å². The van der Waals surface area contributed by atoms with E-state index in [0.717, 1.165) is 27.4 Å². The van der Waals surface area contributed by atoms with E-state index >= 15 is 0 Å². The first-order valence-electron chi connectivity index (χ1n) is 5.37. The molecule has 17 heavy (non-hydrogen) atoms. The van der Waals surface area contributed by atoms with Crippen LogP contribution >= 0.6 is 48.0 Å². The molecule has 0 radical (unpaired) electrons. The topological polar surface area (TPSA) is 27.3 Å². The van der Waals surface area contributed by atoms with Crippen molar-refractivity contribution >= 4 is 56.6 Å². The molecule has 7 heteroatoms. The molecule has 0 fully saturated rings. The molecule has 1 atom stereocenters. The van der Waals surface area contributed by atoms with Gasteiger partial charge in [-0.15, -0.1) is 0 Å². The fraction of sp³-hybridized carbons (Fsp3) is 0.800. The number of nitrogens with zero attached hydrogens (tertiary/aromatic N) is 1. The SMILES string of the molecule is CNC(=S)SCCC(CN(C)C)SC(=S)NC. The molecule has 0 aliphatic rings. The maximum atomic E-state index is 5.20. The van der Waals surface area contributed by atoms with Crippen LogP contribution in [-0.2, 0) is 0 Å². The van der Waals surface area contributed by atoms with Crippen LogP contribution in [0.5, 0.6) is 0 Å². The predicted molar refractivity (Wildman–Crippen MR) is 90.3 cm³/mol. The minimum atomic E-state index is 0.511. The Balaban J connectivity index is 4.01. The van der Waals surface area contributed by atoms with Crippen LogP contribution in [-0.4, -0.2) is 59.3 Å². The van der Waals surface area contributed by atoms with Gasteiger partial charge in [-0.2, -0.15) is 0 Å². The molecule has 0 spiro atoms. The van der Waals surface area contributed by atoms with E-state index in [2.05, 4.69) is 29.6 Å². The van der Waals surface area contributed by atoms with Crippen LogP contribution in [0, 0.1) is 0 Å². The Kier molecular flexibility index (Phi) is 10.6. The summed E-state index contributed by atoms with van der Waals surface area (Å²) in [7, 11) is 7.90. The highest BCUT2D eigenvalue weighted by Gasteiger charge is 2.13. The molecule has 0 aromatic rings. The number of hydrogen-bond acceptors (Lipinski definition) is 5. The fourth-order valence-corrected chi connectivity index (χ4v) is 3.73. The minimum absolute atomic E-state index is 0.511. The van der Waals surface area contributed by atoms with Crippen molar-refractivity contribution in [1.82, 2.24) is 15.5 Å². The highest BCUT2D eigenvalue weighted by molar-refractivity contribution is 8.23. The van der Waals surface area contributed by atoms with E-state index in [1.165, 1.54) is 0 Å². The summed E-state index contributed by atoms with van der Waals surface area (Å²) in [6.45, 7) is 1.03. The molecule has 0 aromatic heterocycles. The summed E-state index contributed by atoms with van der Waals surface area (Å²) < 4.78 is 1.72. The Labute approximate surface area is 124 Å². The highest BCUT2D eigenvalue weighted by atomic mass is 32.2.